The number of fused-ring (bicyclic) bond motifs is 1. The third kappa shape index (κ3) is 3.49. The maximum atomic E-state index is 13.2. The molecule has 5 aromatic rings. The number of hydrogen-bond acceptors (Lipinski definition) is 7. The second kappa shape index (κ2) is 7.92. The highest BCUT2D eigenvalue weighted by Crippen LogP contribution is 2.39. The van der Waals surface area contributed by atoms with Gasteiger partial charge in [-0.05, 0) is 26.3 Å². The van der Waals surface area contributed by atoms with Crippen molar-refractivity contribution in [2.75, 3.05) is 5.32 Å². The Kier molecular flexibility index (Phi) is 5.07. The molecule has 1 aromatic carbocycles. The number of rotatable bonds is 4. The van der Waals surface area contributed by atoms with Crippen molar-refractivity contribution in [3.8, 4) is 22.0 Å². The van der Waals surface area contributed by atoms with Gasteiger partial charge in [-0.3, -0.25) is 10.1 Å². The van der Waals surface area contributed by atoms with E-state index >= 15 is 0 Å². The normalized spacial score (nSPS) is 11.2. The number of aryl methyl sites for hydroxylation is 4. The number of aromatic nitrogens is 5. The Morgan fingerprint density at radius 3 is 2.53 bits per heavy atom. The fourth-order valence-electron chi connectivity index (χ4n) is 3.75. The van der Waals surface area contributed by atoms with Gasteiger partial charge in [-0.15, -0.1) is 11.3 Å². The van der Waals surface area contributed by atoms with Crippen molar-refractivity contribution in [1.82, 2.24) is 24.5 Å². The van der Waals surface area contributed by atoms with Gasteiger partial charge in [0.25, 0.3) is 5.91 Å². The molecule has 0 unspecified atom stereocenters. The Morgan fingerprint density at radius 1 is 1.03 bits per heavy atom. The summed E-state index contributed by atoms with van der Waals surface area (Å²) >= 11 is 2.80. The molecule has 0 aliphatic rings. The summed E-state index contributed by atoms with van der Waals surface area (Å²) in [5.74, 6) is 1.32. The van der Waals surface area contributed by atoms with E-state index in [1.165, 1.54) is 22.7 Å². The van der Waals surface area contributed by atoms with E-state index in [9.17, 15) is 4.79 Å². The van der Waals surface area contributed by atoms with E-state index in [4.69, 9.17) is 4.98 Å². The lowest BCUT2D eigenvalue weighted by Crippen LogP contribution is -2.11. The fourth-order valence-corrected chi connectivity index (χ4v) is 5.94. The minimum atomic E-state index is -0.192. The van der Waals surface area contributed by atoms with Gasteiger partial charge in [0.2, 0.25) is 0 Å². The van der Waals surface area contributed by atoms with Crippen LogP contribution in [0, 0.1) is 20.8 Å². The zero-order chi connectivity index (χ0) is 22.4. The summed E-state index contributed by atoms with van der Waals surface area (Å²) in [6.45, 7) is 5.75. The predicted octanol–water partition coefficient (Wildman–Crippen LogP) is 5.39. The molecule has 0 spiro atoms. The first-order valence-corrected chi connectivity index (χ1v) is 11.7. The van der Waals surface area contributed by atoms with Crippen LogP contribution in [0.2, 0.25) is 0 Å². The molecule has 5 rings (SSSR count). The molecule has 9 heteroatoms. The predicted molar refractivity (Wildman–Crippen MR) is 129 cm³/mol. The van der Waals surface area contributed by atoms with Gasteiger partial charge in [0.15, 0.2) is 11.0 Å². The van der Waals surface area contributed by atoms with Gasteiger partial charge in [0.05, 0.1) is 15.4 Å². The second-order valence-electron chi connectivity index (χ2n) is 7.47. The van der Waals surface area contributed by atoms with Crippen molar-refractivity contribution in [3.05, 3.63) is 64.7 Å². The Balaban J connectivity index is 1.55. The van der Waals surface area contributed by atoms with Gasteiger partial charge >= 0.3 is 0 Å². The van der Waals surface area contributed by atoms with Crippen LogP contribution in [0.3, 0.4) is 0 Å². The van der Waals surface area contributed by atoms with Gasteiger partial charge in [-0.25, -0.2) is 19.9 Å². The lowest BCUT2D eigenvalue weighted by Gasteiger charge is -2.02. The summed E-state index contributed by atoms with van der Waals surface area (Å²) < 4.78 is 1.95. The molecule has 1 N–H and O–H groups in total. The number of carbonyl (C=O) groups excluding carboxylic acids is 1. The Labute approximate surface area is 192 Å². The van der Waals surface area contributed by atoms with E-state index < -0.39 is 0 Å². The number of thiazole rings is 1. The summed E-state index contributed by atoms with van der Waals surface area (Å²) in [5, 5.41) is 4.48. The molecule has 0 atom stereocenters. The van der Waals surface area contributed by atoms with Gasteiger partial charge in [-0.2, -0.15) is 0 Å². The van der Waals surface area contributed by atoms with E-state index in [2.05, 4.69) is 20.3 Å². The average molecular weight is 461 g/mol. The molecule has 4 heterocycles. The largest absolute Gasteiger partial charge is 0.333 e. The zero-order valence-corrected chi connectivity index (χ0v) is 19.6. The maximum Gasteiger partial charge on any atom is 0.267 e. The summed E-state index contributed by atoms with van der Waals surface area (Å²) in [6.07, 6.45) is 3.65. The Bertz CT molecular complexity index is 1460. The molecule has 160 valence electrons. The lowest BCUT2D eigenvalue weighted by atomic mass is 10.1. The van der Waals surface area contributed by atoms with Crippen molar-refractivity contribution in [2.45, 2.75) is 20.8 Å². The number of nitrogens with zero attached hydrogens (tertiary/aromatic N) is 5. The number of nitrogens with one attached hydrogen (secondary N) is 1. The first-order valence-electron chi connectivity index (χ1n) is 10.0. The molecule has 0 fully saturated rings. The molecule has 0 aliphatic carbocycles. The van der Waals surface area contributed by atoms with Crippen LogP contribution in [0.4, 0.5) is 5.13 Å². The van der Waals surface area contributed by atoms with Crippen LogP contribution in [0.25, 0.3) is 32.2 Å². The monoisotopic (exact) mass is 460 g/mol. The highest BCUT2D eigenvalue weighted by Gasteiger charge is 2.22. The third-order valence-corrected chi connectivity index (χ3v) is 7.36. The van der Waals surface area contributed by atoms with Crippen LogP contribution in [0.15, 0.2) is 42.7 Å². The topological polar surface area (TPSA) is 85.6 Å². The molecule has 1 amide bonds. The molecule has 32 heavy (non-hydrogen) atoms. The highest BCUT2D eigenvalue weighted by molar-refractivity contribution is 7.21. The molecule has 7 nitrogen and oxygen atoms in total. The Hall–Kier alpha value is -3.43. The van der Waals surface area contributed by atoms with Crippen LogP contribution in [0.5, 0.6) is 0 Å². The lowest BCUT2D eigenvalue weighted by molar-refractivity contribution is 0.103. The van der Waals surface area contributed by atoms with Crippen molar-refractivity contribution in [2.24, 2.45) is 7.05 Å². The number of thiophene rings is 1. The van der Waals surface area contributed by atoms with Gasteiger partial charge < -0.3 is 4.57 Å². The SMILES string of the molecule is Cc1nc(C)c2c(C)c(C(=O)Nc3nc(-c4ccccc4)c(-c4nccn4C)s3)sc2n1. The van der Waals surface area contributed by atoms with Gasteiger partial charge in [0.1, 0.15) is 10.7 Å². The van der Waals surface area contributed by atoms with Crippen LogP contribution in [0.1, 0.15) is 26.8 Å². The number of benzene rings is 1. The van der Waals surface area contributed by atoms with Crippen molar-refractivity contribution in [1.29, 1.82) is 0 Å². The van der Waals surface area contributed by atoms with E-state index in [1.54, 1.807) is 6.20 Å². The number of hydrogen-bond donors (Lipinski definition) is 1. The molecule has 4 aromatic heterocycles. The number of carbonyl (C=O) groups is 1. The van der Waals surface area contributed by atoms with E-state index in [-0.39, 0.29) is 5.91 Å². The maximum absolute atomic E-state index is 13.2. The molecule has 0 saturated carbocycles. The first-order chi connectivity index (χ1) is 15.4. The minimum absolute atomic E-state index is 0.192. The summed E-state index contributed by atoms with van der Waals surface area (Å²) in [5.41, 5.74) is 3.55. The van der Waals surface area contributed by atoms with E-state index in [0.29, 0.717) is 15.8 Å². The average Bonchev–Trinajstić information content (AvgIpc) is 3.45. The number of amides is 1. The second-order valence-corrected chi connectivity index (χ2v) is 9.47. The molecule has 0 bridgehead atoms. The zero-order valence-electron chi connectivity index (χ0n) is 18.0. The molecule has 0 aliphatic heterocycles. The number of anilines is 1. The van der Waals surface area contributed by atoms with E-state index in [0.717, 1.165) is 43.4 Å². The quantitative estimate of drug-likeness (QED) is 0.388. The van der Waals surface area contributed by atoms with Crippen LogP contribution >= 0.6 is 22.7 Å². The standard InChI is InChI=1S/C23H20N6OS2/c1-12-16-13(2)25-14(3)26-22(16)31-18(12)21(30)28-23-27-17(15-8-6-5-7-9-15)19(32-23)20-24-10-11-29(20)4/h5-11H,1-4H3,(H,27,28,30). The molecule has 0 saturated heterocycles. The fraction of sp³-hybridized carbons (Fsp3) is 0.174. The van der Waals surface area contributed by atoms with Crippen LogP contribution in [-0.2, 0) is 7.05 Å². The van der Waals surface area contributed by atoms with Gasteiger partial charge in [-0.1, -0.05) is 41.7 Å². The number of imidazole rings is 1. The Morgan fingerprint density at radius 2 is 1.81 bits per heavy atom. The van der Waals surface area contributed by atoms with Crippen molar-refractivity contribution >= 4 is 43.9 Å². The third-order valence-electron chi connectivity index (χ3n) is 5.21. The van der Waals surface area contributed by atoms with Crippen LogP contribution < -0.4 is 5.32 Å². The molecular formula is C23H20N6OS2. The van der Waals surface area contributed by atoms with Crippen molar-refractivity contribution < 1.29 is 4.79 Å². The highest BCUT2D eigenvalue weighted by atomic mass is 32.1. The van der Waals surface area contributed by atoms with Gasteiger partial charge in [0, 0.05) is 36.1 Å². The minimum Gasteiger partial charge on any atom is -0.333 e. The molecular weight excluding hydrogens is 440 g/mol. The smallest absolute Gasteiger partial charge is 0.267 e. The first kappa shape index (κ1) is 20.5. The summed E-state index contributed by atoms with van der Waals surface area (Å²) in [4.78, 5) is 33.8. The molecule has 0 radical (unpaired) electrons. The van der Waals surface area contributed by atoms with E-state index in [1.807, 2.05) is 68.9 Å². The summed E-state index contributed by atoms with van der Waals surface area (Å²) in [6, 6.07) is 9.93. The van der Waals surface area contributed by atoms with Crippen LogP contribution in [-0.4, -0.2) is 30.4 Å². The summed E-state index contributed by atoms with van der Waals surface area (Å²) in [7, 11) is 1.95. The van der Waals surface area contributed by atoms with Crippen molar-refractivity contribution in [3.63, 3.8) is 0 Å².